The number of nitrogens with zero attached hydrogens (tertiary/aromatic N) is 1. The average molecular weight is 311 g/mol. The van der Waals surface area contributed by atoms with Crippen molar-refractivity contribution in [3.8, 4) is 12.3 Å². The third-order valence-corrected chi connectivity index (χ3v) is 2.86. The van der Waals surface area contributed by atoms with E-state index in [0.29, 0.717) is 4.47 Å². The third-order valence-electron chi connectivity index (χ3n) is 2.19. The summed E-state index contributed by atoms with van der Waals surface area (Å²) >= 11 is 3.05. The third kappa shape index (κ3) is 3.31. The second-order valence-corrected chi connectivity index (χ2v) is 5.00. The van der Waals surface area contributed by atoms with Crippen LogP contribution in [0, 0.1) is 22.5 Å². The number of nitrogens with one attached hydrogen (secondary N) is 1. The monoisotopic (exact) mass is 310 g/mol. The van der Waals surface area contributed by atoms with Crippen LogP contribution in [0.5, 0.6) is 0 Å². The lowest BCUT2D eigenvalue weighted by Crippen LogP contribution is -2.42. The van der Waals surface area contributed by atoms with E-state index in [1.165, 1.54) is 18.2 Å². The van der Waals surface area contributed by atoms with Gasteiger partial charge in [0.15, 0.2) is 0 Å². The summed E-state index contributed by atoms with van der Waals surface area (Å²) in [7, 11) is 0. The summed E-state index contributed by atoms with van der Waals surface area (Å²) < 4.78 is 0.320. The molecular formula is C12H11BrN2O3. The second kappa shape index (κ2) is 5.19. The van der Waals surface area contributed by atoms with E-state index in [9.17, 15) is 14.9 Å². The highest BCUT2D eigenvalue weighted by Gasteiger charge is 2.20. The van der Waals surface area contributed by atoms with Crippen molar-refractivity contribution in [2.45, 2.75) is 19.4 Å². The molecule has 0 aliphatic heterocycles. The zero-order valence-electron chi connectivity index (χ0n) is 9.86. The summed E-state index contributed by atoms with van der Waals surface area (Å²) in [6, 6.07) is 4.14. The Kier molecular flexibility index (Phi) is 4.09. The Morgan fingerprint density at radius 3 is 2.67 bits per heavy atom. The first-order valence-electron chi connectivity index (χ1n) is 5.01. The Balaban J connectivity index is 3.06. The van der Waals surface area contributed by atoms with Gasteiger partial charge in [0.05, 0.1) is 14.9 Å². The van der Waals surface area contributed by atoms with Crippen molar-refractivity contribution in [2.75, 3.05) is 0 Å². The number of nitro groups is 1. The Labute approximate surface area is 113 Å². The smallest absolute Gasteiger partial charge is 0.284 e. The van der Waals surface area contributed by atoms with E-state index < -0.39 is 16.4 Å². The fraction of sp³-hybridized carbons (Fsp3) is 0.250. The highest BCUT2D eigenvalue weighted by Crippen LogP contribution is 2.25. The molecule has 0 bridgehead atoms. The Morgan fingerprint density at radius 2 is 2.17 bits per heavy atom. The summed E-state index contributed by atoms with van der Waals surface area (Å²) in [6.07, 6.45) is 5.25. The number of nitro benzene ring substituents is 1. The van der Waals surface area contributed by atoms with Gasteiger partial charge in [0.1, 0.15) is 0 Å². The van der Waals surface area contributed by atoms with Crippen molar-refractivity contribution in [2.24, 2.45) is 0 Å². The molecule has 1 rings (SSSR count). The van der Waals surface area contributed by atoms with Crippen LogP contribution in [0.1, 0.15) is 24.2 Å². The van der Waals surface area contributed by atoms with Gasteiger partial charge in [0.25, 0.3) is 11.6 Å². The molecule has 0 fully saturated rings. The topological polar surface area (TPSA) is 72.2 Å². The molecule has 0 radical (unpaired) electrons. The van der Waals surface area contributed by atoms with Gasteiger partial charge in [-0.2, -0.15) is 0 Å². The minimum Gasteiger partial charge on any atom is -0.336 e. The van der Waals surface area contributed by atoms with Crippen LogP contribution in [0.2, 0.25) is 0 Å². The number of carbonyl (C=O) groups is 1. The number of terminal acetylenes is 1. The molecule has 1 aromatic rings. The number of rotatable bonds is 3. The number of halogens is 1. The Morgan fingerprint density at radius 1 is 1.56 bits per heavy atom. The molecule has 0 aromatic heterocycles. The minimum absolute atomic E-state index is 0.166. The molecule has 1 amide bonds. The van der Waals surface area contributed by atoms with Crippen LogP contribution in [0.3, 0.4) is 0 Å². The number of amides is 1. The largest absolute Gasteiger partial charge is 0.336 e. The SMILES string of the molecule is C#CC(C)(C)NC(=O)c1ccc(Br)c([N+](=O)[O-])c1. The maximum atomic E-state index is 11.9. The normalized spacial score (nSPS) is 10.6. The fourth-order valence-corrected chi connectivity index (χ4v) is 1.58. The first-order valence-corrected chi connectivity index (χ1v) is 5.80. The molecule has 0 atom stereocenters. The van der Waals surface area contributed by atoms with Gasteiger partial charge in [-0.15, -0.1) is 6.42 Å². The van der Waals surface area contributed by atoms with Gasteiger partial charge in [-0.25, -0.2) is 0 Å². The lowest BCUT2D eigenvalue weighted by atomic mass is 10.1. The Hall–Kier alpha value is -1.87. The quantitative estimate of drug-likeness (QED) is 0.529. The van der Waals surface area contributed by atoms with E-state index in [1.54, 1.807) is 13.8 Å². The first-order chi connectivity index (χ1) is 8.26. The molecule has 94 valence electrons. The van der Waals surface area contributed by atoms with Crippen molar-refractivity contribution in [1.82, 2.24) is 5.32 Å². The summed E-state index contributed by atoms with van der Waals surface area (Å²) in [5.74, 6) is 1.97. The van der Waals surface area contributed by atoms with E-state index >= 15 is 0 Å². The molecule has 0 saturated heterocycles. The van der Waals surface area contributed by atoms with Crippen LogP contribution in [0.4, 0.5) is 5.69 Å². The predicted octanol–water partition coefficient (Wildman–Crippen LogP) is 2.50. The summed E-state index contributed by atoms with van der Waals surface area (Å²) in [6.45, 7) is 3.33. The molecule has 0 heterocycles. The number of carbonyl (C=O) groups excluding carboxylic acids is 1. The van der Waals surface area contributed by atoms with E-state index in [4.69, 9.17) is 6.42 Å². The molecule has 18 heavy (non-hydrogen) atoms. The molecule has 0 saturated carbocycles. The molecule has 0 aliphatic carbocycles. The summed E-state index contributed by atoms with van der Waals surface area (Å²) in [5.41, 5.74) is -0.784. The van der Waals surface area contributed by atoms with Crippen molar-refractivity contribution in [3.05, 3.63) is 38.3 Å². The highest BCUT2D eigenvalue weighted by atomic mass is 79.9. The van der Waals surface area contributed by atoms with Crippen molar-refractivity contribution in [1.29, 1.82) is 0 Å². The van der Waals surface area contributed by atoms with Gasteiger partial charge >= 0.3 is 0 Å². The van der Waals surface area contributed by atoms with E-state index in [1.807, 2.05) is 0 Å². The standard InChI is InChI=1S/C12H11BrN2O3/c1-4-12(2,3)14-11(16)8-5-6-9(13)10(7-8)15(17)18/h1,5-7H,2-3H3,(H,14,16). The van der Waals surface area contributed by atoms with Crippen LogP contribution in [0.15, 0.2) is 22.7 Å². The summed E-state index contributed by atoms with van der Waals surface area (Å²) in [5, 5.41) is 13.3. The number of hydrogen-bond donors (Lipinski definition) is 1. The second-order valence-electron chi connectivity index (χ2n) is 4.15. The molecule has 1 aromatic carbocycles. The van der Waals surface area contributed by atoms with Crippen LogP contribution < -0.4 is 5.32 Å². The number of benzene rings is 1. The van der Waals surface area contributed by atoms with Gasteiger partial charge in [-0.1, -0.05) is 5.92 Å². The maximum absolute atomic E-state index is 11.9. The molecule has 0 aliphatic rings. The van der Waals surface area contributed by atoms with E-state index in [0.717, 1.165) is 0 Å². The van der Waals surface area contributed by atoms with Gasteiger partial charge < -0.3 is 5.32 Å². The van der Waals surface area contributed by atoms with E-state index in [2.05, 4.69) is 27.2 Å². The first kappa shape index (κ1) is 14.2. The summed E-state index contributed by atoms with van der Waals surface area (Å²) in [4.78, 5) is 22.0. The van der Waals surface area contributed by atoms with E-state index in [-0.39, 0.29) is 11.3 Å². The van der Waals surface area contributed by atoms with Gasteiger partial charge in [0, 0.05) is 11.6 Å². The average Bonchev–Trinajstić information content (AvgIpc) is 2.28. The fourth-order valence-electron chi connectivity index (χ4n) is 1.19. The zero-order chi connectivity index (χ0) is 13.9. The molecule has 0 unspecified atom stereocenters. The minimum atomic E-state index is -0.807. The molecular weight excluding hydrogens is 300 g/mol. The maximum Gasteiger partial charge on any atom is 0.284 e. The number of hydrogen-bond acceptors (Lipinski definition) is 3. The van der Waals surface area contributed by atoms with Gasteiger partial charge in [-0.05, 0) is 41.9 Å². The highest BCUT2D eigenvalue weighted by molar-refractivity contribution is 9.10. The van der Waals surface area contributed by atoms with Crippen LogP contribution in [-0.2, 0) is 0 Å². The zero-order valence-corrected chi connectivity index (χ0v) is 11.4. The van der Waals surface area contributed by atoms with Crippen molar-refractivity contribution >= 4 is 27.5 Å². The molecule has 0 spiro atoms. The van der Waals surface area contributed by atoms with Crippen molar-refractivity contribution < 1.29 is 9.72 Å². The predicted molar refractivity (Wildman–Crippen MR) is 71.2 cm³/mol. The molecule has 5 nitrogen and oxygen atoms in total. The molecule has 1 N–H and O–H groups in total. The Bertz CT molecular complexity index is 547. The van der Waals surface area contributed by atoms with Gasteiger partial charge in [0.2, 0.25) is 0 Å². The van der Waals surface area contributed by atoms with Crippen LogP contribution >= 0.6 is 15.9 Å². The van der Waals surface area contributed by atoms with Gasteiger partial charge in [-0.3, -0.25) is 14.9 Å². The van der Waals surface area contributed by atoms with Crippen LogP contribution in [-0.4, -0.2) is 16.4 Å². The molecule has 6 heteroatoms. The lowest BCUT2D eigenvalue weighted by molar-refractivity contribution is -0.385. The van der Waals surface area contributed by atoms with Crippen LogP contribution in [0.25, 0.3) is 0 Å². The van der Waals surface area contributed by atoms with Crippen molar-refractivity contribution in [3.63, 3.8) is 0 Å². The lowest BCUT2D eigenvalue weighted by Gasteiger charge is -2.19.